The van der Waals surface area contributed by atoms with Gasteiger partial charge in [0.25, 0.3) is 0 Å². The first-order valence-electron chi connectivity index (χ1n) is 8.29. The van der Waals surface area contributed by atoms with E-state index in [9.17, 15) is 0 Å². The van der Waals surface area contributed by atoms with Crippen molar-refractivity contribution in [2.75, 3.05) is 0 Å². The summed E-state index contributed by atoms with van der Waals surface area (Å²) in [6.45, 7) is 2.38. The Hall–Kier alpha value is -1.43. The van der Waals surface area contributed by atoms with E-state index in [1.165, 1.54) is 15.9 Å². The molecule has 0 spiro atoms. The average molecular weight is 425 g/mol. The van der Waals surface area contributed by atoms with Gasteiger partial charge in [0.2, 0.25) is 0 Å². The zero-order valence-electron chi connectivity index (χ0n) is 14.3. The maximum atomic E-state index is 6.01. The minimum absolute atomic E-state index is 0. The largest absolute Gasteiger partial charge is 1.00 e. The van der Waals surface area contributed by atoms with E-state index < -0.39 is 7.26 Å². The highest BCUT2D eigenvalue weighted by Gasteiger charge is 2.49. The van der Waals surface area contributed by atoms with Crippen LogP contribution in [0.5, 0.6) is 0 Å². The molecule has 0 aliphatic heterocycles. The third-order valence-corrected chi connectivity index (χ3v) is 10.6. The Balaban J connectivity index is 0.00000225. The second kappa shape index (κ2) is 9.32. The molecular weight excluding hydrogens is 403 g/mol. The monoisotopic (exact) mass is 424 g/mol. The number of benzene rings is 3. The quantitative estimate of drug-likeness (QED) is 0.424. The molecule has 0 nitrogen and oxygen atoms in total. The van der Waals surface area contributed by atoms with Crippen LogP contribution >= 0.6 is 7.26 Å². The summed E-state index contributed by atoms with van der Waals surface area (Å²) in [6, 6.07) is 40.1. The zero-order valence-corrected chi connectivity index (χ0v) is 17.8. The lowest BCUT2D eigenvalue weighted by Crippen LogP contribution is -3.00. The molecule has 0 aliphatic rings. The van der Waals surface area contributed by atoms with Gasteiger partial charge in [-0.05, 0) is 52.3 Å². The molecule has 1 atom stereocenters. The minimum Gasteiger partial charge on any atom is -1.00 e. The summed E-state index contributed by atoms with van der Waals surface area (Å²) in [5.41, 5.74) is 0.507. The summed E-state index contributed by atoms with van der Waals surface area (Å²) in [5.74, 6) is 0. The van der Waals surface area contributed by atoms with Gasteiger partial charge in [0.15, 0.2) is 0 Å². The zero-order chi connectivity index (χ0) is 16.8. The molecule has 0 heterocycles. The predicted molar refractivity (Wildman–Crippen MR) is 110 cm³/mol. The van der Waals surface area contributed by atoms with Crippen molar-refractivity contribution in [2.45, 2.75) is 18.6 Å². The average Bonchev–Trinajstić information content (AvgIpc) is 2.65. The van der Waals surface area contributed by atoms with Gasteiger partial charge >= 0.3 is 0 Å². The first-order chi connectivity index (χ1) is 11.8. The second-order valence-electron chi connectivity index (χ2n) is 5.99. The lowest BCUT2D eigenvalue weighted by Gasteiger charge is -2.32. The van der Waals surface area contributed by atoms with Crippen LogP contribution in [0.3, 0.4) is 0 Å². The molecule has 0 N–H and O–H groups in total. The van der Waals surface area contributed by atoms with E-state index >= 15 is 0 Å². The topological polar surface area (TPSA) is 0 Å². The molecule has 0 saturated heterocycles. The Labute approximate surface area is 164 Å². The number of hydrogen-bond donors (Lipinski definition) is 0. The van der Waals surface area contributed by atoms with Crippen molar-refractivity contribution >= 4 is 32.1 Å². The SMILES string of the molecule is C#[Si]CC(C)[P+](c1ccccc1)(c1ccccc1)c1ccccc1.[Br-]. The summed E-state index contributed by atoms with van der Waals surface area (Å²) >= 11 is 0. The van der Waals surface area contributed by atoms with Crippen molar-refractivity contribution in [3.63, 3.8) is 0 Å². The van der Waals surface area contributed by atoms with Gasteiger partial charge in [0.1, 0.15) is 23.2 Å². The smallest absolute Gasteiger partial charge is 0.115 e. The third kappa shape index (κ3) is 3.89. The molecule has 3 rings (SSSR count). The standard InChI is InChI=1S/C22H22PSi.BrH/c1-19(18-24-2)23(20-12-6-3-7-13-20,21-14-8-4-9-15-21)22-16-10-5-11-17-22;/h2-17,19H,18H2,1H3;1H/q+1;/p-1. The molecule has 0 aliphatic carbocycles. The summed E-state index contributed by atoms with van der Waals surface area (Å²) in [7, 11) is -1.26. The van der Waals surface area contributed by atoms with E-state index in [0.717, 1.165) is 6.04 Å². The van der Waals surface area contributed by atoms with Gasteiger partial charge in [-0.3, -0.25) is 0 Å². The van der Waals surface area contributed by atoms with Crippen LogP contribution in [-0.2, 0) is 0 Å². The van der Waals surface area contributed by atoms with Crippen molar-refractivity contribution in [1.29, 1.82) is 0 Å². The van der Waals surface area contributed by atoms with Gasteiger partial charge in [-0.1, -0.05) is 54.6 Å². The van der Waals surface area contributed by atoms with Gasteiger partial charge in [0.05, 0.1) is 5.66 Å². The molecule has 0 fully saturated rings. The molecule has 3 aromatic rings. The molecule has 0 amide bonds. The Morgan fingerprint density at radius 3 is 1.32 bits per heavy atom. The fourth-order valence-electron chi connectivity index (χ4n) is 3.51. The molecule has 0 saturated carbocycles. The number of hydrogen-bond acceptors (Lipinski definition) is 0. The fraction of sp³-hybridized carbons (Fsp3) is 0.136. The first kappa shape index (κ1) is 19.9. The molecule has 1 unspecified atom stereocenters. The molecule has 25 heavy (non-hydrogen) atoms. The summed E-state index contributed by atoms with van der Waals surface area (Å²) in [6.07, 6.45) is 0. The fourth-order valence-corrected chi connectivity index (χ4v) is 9.61. The lowest BCUT2D eigenvalue weighted by atomic mass is 10.3. The molecular formula is C22H22BrPSi. The van der Waals surface area contributed by atoms with Gasteiger partial charge < -0.3 is 17.0 Å². The van der Waals surface area contributed by atoms with Crippen LogP contribution in [-0.4, -0.2) is 14.6 Å². The number of halogens is 1. The van der Waals surface area contributed by atoms with Gasteiger partial charge in [0, 0.05) is 6.04 Å². The van der Waals surface area contributed by atoms with E-state index in [1.807, 2.05) is 0 Å². The Bertz CT molecular complexity index is 716. The Morgan fingerprint density at radius 1 is 0.720 bits per heavy atom. The van der Waals surface area contributed by atoms with Crippen LogP contribution in [0.1, 0.15) is 6.92 Å². The molecule has 126 valence electrons. The van der Waals surface area contributed by atoms with E-state index in [2.05, 4.69) is 97.9 Å². The van der Waals surface area contributed by atoms with E-state index in [-0.39, 0.29) is 17.0 Å². The van der Waals surface area contributed by atoms with E-state index in [0.29, 0.717) is 14.6 Å². The van der Waals surface area contributed by atoms with Crippen molar-refractivity contribution in [3.05, 3.63) is 91.0 Å². The predicted octanol–water partition coefficient (Wildman–Crippen LogP) is 1.08. The molecule has 0 radical (unpaired) electrons. The normalized spacial score (nSPS) is 11.8. The molecule has 0 bridgehead atoms. The van der Waals surface area contributed by atoms with Crippen LogP contribution in [0.25, 0.3) is 0 Å². The molecule has 0 aromatic heterocycles. The first-order valence-corrected chi connectivity index (χ1v) is 11.4. The summed E-state index contributed by atoms with van der Waals surface area (Å²) in [4.78, 5) is 0. The minimum atomic E-state index is -1.73. The highest BCUT2D eigenvalue weighted by atomic mass is 79.9. The van der Waals surface area contributed by atoms with Crippen LogP contribution < -0.4 is 32.9 Å². The van der Waals surface area contributed by atoms with Crippen molar-refractivity contribution in [2.24, 2.45) is 0 Å². The molecule has 3 heteroatoms. The highest BCUT2D eigenvalue weighted by molar-refractivity contribution is 7.96. The van der Waals surface area contributed by atoms with Crippen molar-refractivity contribution in [1.82, 2.24) is 0 Å². The highest BCUT2D eigenvalue weighted by Crippen LogP contribution is 2.60. The molecule has 3 aromatic carbocycles. The third-order valence-electron chi connectivity index (χ3n) is 4.56. The Kier molecular flexibility index (Phi) is 7.41. The van der Waals surface area contributed by atoms with Gasteiger partial charge in [-0.15, -0.1) is 0 Å². The van der Waals surface area contributed by atoms with E-state index in [4.69, 9.17) is 6.00 Å². The van der Waals surface area contributed by atoms with Gasteiger partial charge in [-0.25, -0.2) is 0 Å². The van der Waals surface area contributed by atoms with Gasteiger partial charge in [-0.2, -0.15) is 6.00 Å². The lowest BCUT2D eigenvalue weighted by molar-refractivity contribution is -0.00000466. The maximum Gasteiger partial charge on any atom is 0.115 e. The number of rotatable bonds is 5. The van der Waals surface area contributed by atoms with Crippen LogP contribution in [0.4, 0.5) is 0 Å². The maximum absolute atomic E-state index is 6.01. The van der Waals surface area contributed by atoms with Crippen LogP contribution in [0, 0.1) is 6.00 Å². The summed E-state index contributed by atoms with van der Waals surface area (Å²) < 4.78 is 0. The summed E-state index contributed by atoms with van der Waals surface area (Å²) in [5, 5.41) is 4.31. The second-order valence-corrected chi connectivity index (χ2v) is 10.7. The van der Waals surface area contributed by atoms with Crippen molar-refractivity contribution < 1.29 is 17.0 Å². The Morgan fingerprint density at radius 2 is 1.04 bits per heavy atom. The van der Waals surface area contributed by atoms with Crippen LogP contribution in [0.2, 0.25) is 6.04 Å². The van der Waals surface area contributed by atoms with E-state index in [1.54, 1.807) is 0 Å². The van der Waals surface area contributed by atoms with Crippen LogP contribution in [0.15, 0.2) is 91.0 Å². The van der Waals surface area contributed by atoms with Crippen molar-refractivity contribution in [3.8, 4) is 6.00 Å².